The van der Waals surface area contributed by atoms with Crippen LogP contribution in [-0.4, -0.2) is 61.6 Å². The van der Waals surface area contributed by atoms with Gasteiger partial charge in [0, 0.05) is 43.7 Å². The van der Waals surface area contributed by atoms with Crippen LogP contribution in [0.1, 0.15) is 22.3 Å². The van der Waals surface area contributed by atoms with Crippen molar-refractivity contribution in [2.45, 2.75) is 6.61 Å². The van der Waals surface area contributed by atoms with Crippen LogP contribution in [-0.2, 0) is 16.6 Å². The molecule has 0 unspecified atom stereocenters. The highest BCUT2D eigenvalue weighted by molar-refractivity contribution is 7.92. The molecule has 0 aromatic heterocycles. The van der Waals surface area contributed by atoms with Crippen LogP contribution in [0.5, 0.6) is 11.5 Å². The van der Waals surface area contributed by atoms with Gasteiger partial charge in [-0.1, -0.05) is 60.7 Å². The van der Waals surface area contributed by atoms with Gasteiger partial charge in [-0.2, -0.15) is 4.31 Å². The van der Waals surface area contributed by atoms with Gasteiger partial charge in [0.05, 0.1) is 0 Å². The summed E-state index contributed by atoms with van der Waals surface area (Å²) in [6.07, 6.45) is 2.34. The number of rotatable bonds is 6. The molecule has 9 heteroatoms. The van der Waals surface area contributed by atoms with E-state index in [1.165, 1.54) is 9.71 Å². The Morgan fingerprint density at radius 2 is 1.68 bits per heavy atom. The summed E-state index contributed by atoms with van der Waals surface area (Å²) in [7, 11) is -3.51. The van der Waals surface area contributed by atoms with Gasteiger partial charge < -0.3 is 14.6 Å². The molecule has 196 valence electrons. The Bertz CT molecular complexity index is 1480. The van der Waals surface area contributed by atoms with Crippen LogP contribution in [0.15, 0.2) is 84.3 Å². The zero-order valence-corrected chi connectivity index (χ0v) is 21.5. The van der Waals surface area contributed by atoms with Crippen molar-refractivity contribution in [3.05, 3.63) is 107 Å². The minimum absolute atomic E-state index is 0.215. The molecule has 0 radical (unpaired) electrons. The Morgan fingerprint density at radius 3 is 2.45 bits per heavy atom. The number of carbonyl (C=O) groups is 1. The molecule has 8 nitrogen and oxygen atoms in total. The van der Waals surface area contributed by atoms with E-state index in [2.05, 4.69) is 11.0 Å². The van der Waals surface area contributed by atoms with Crippen molar-refractivity contribution in [2.24, 2.45) is 0 Å². The predicted octanol–water partition coefficient (Wildman–Crippen LogP) is 4.69. The standard InChI is InChI=1S/C29H28N2O6S/c32-29(33)37-24-10-11-28-27(20-24)26(25-9-5-4-8-23(25)21-36-28)12-14-30-15-17-31(18-16-30)38(34,35)19-13-22-6-2-1-3-7-22/h1-13,19-20H,14-18,21H2,(H,32,33). The van der Waals surface area contributed by atoms with Crippen molar-refractivity contribution in [3.63, 3.8) is 0 Å². The second-order valence-electron chi connectivity index (χ2n) is 9.05. The SMILES string of the molecule is O=C(O)Oc1ccc2c(c1)C(=CCN1CCN(S(=O)(=O)C=Cc3ccccc3)CC1)c1ccccc1CO2. The minimum atomic E-state index is -3.51. The summed E-state index contributed by atoms with van der Waals surface area (Å²) < 4.78 is 38.1. The van der Waals surface area contributed by atoms with Gasteiger partial charge in [-0.05, 0) is 46.5 Å². The lowest BCUT2D eigenvalue weighted by molar-refractivity contribution is 0.144. The Morgan fingerprint density at radius 1 is 0.947 bits per heavy atom. The van der Waals surface area contributed by atoms with Crippen LogP contribution in [0.25, 0.3) is 11.6 Å². The third-order valence-corrected chi connectivity index (χ3v) is 8.18. The number of hydrogen-bond acceptors (Lipinski definition) is 6. The largest absolute Gasteiger partial charge is 0.511 e. The molecule has 1 N–H and O–H groups in total. The normalized spacial score (nSPS) is 17.4. The molecule has 1 fully saturated rings. The minimum Gasteiger partial charge on any atom is -0.488 e. The third kappa shape index (κ3) is 5.96. The summed E-state index contributed by atoms with van der Waals surface area (Å²) in [5, 5.41) is 10.3. The zero-order valence-electron chi connectivity index (χ0n) is 20.7. The summed E-state index contributed by atoms with van der Waals surface area (Å²) in [6, 6.07) is 22.3. The van der Waals surface area contributed by atoms with E-state index in [0.29, 0.717) is 45.1 Å². The molecule has 0 aliphatic carbocycles. The topological polar surface area (TPSA) is 96.4 Å². The van der Waals surface area contributed by atoms with Crippen LogP contribution in [0.3, 0.4) is 0 Å². The number of piperazine rings is 1. The van der Waals surface area contributed by atoms with Crippen LogP contribution in [0, 0.1) is 0 Å². The van der Waals surface area contributed by atoms with E-state index >= 15 is 0 Å². The smallest absolute Gasteiger partial charge is 0.488 e. The number of carboxylic acid groups (broad SMARTS) is 1. The Labute approximate surface area is 222 Å². The van der Waals surface area contributed by atoms with Crippen molar-refractivity contribution < 1.29 is 27.8 Å². The first-order valence-electron chi connectivity index (χ1n) is 12.3. The average Bonchev–Trinajstić information content (AvgIpc) is 3.08. The summed E-state index contributed by atoms with van der Waals surface area (Å²) in [4.78, 5) is 13.3. The highest BCUT2D eigenvalue weighted by Gasteiger charge is 2.25. The van der Waals surface area contributed by atoms with Gasteiger partial charge in [0.15, 0.2) is 0 Å². The van der Waals surface area contributed by atoms with Gasteiger partial charge in [-0.3, -0.25) is 4.90 Å². The average molecular weight is 533 g/mol. The lowest BCUT2D eigenvalue weighted by Gasteiger charge is -2.32. The first-order chi connectivity index (χ1) is 18.4. The van der Waals surface area contributed by atoms with Gasteiger partial charge in [0.1, 0.15) is 18.1 Å². The molecule has 2 aliphatic rings. The zero-order chi connectivity index (χ0) is 26.5. The second-order valence-corrected chi connectivity index (χ2v) is 10.9. The molecule has 2 heterocycles. The summed E-state index contributed by atoms with van der Waals surface area (Å²) >= 11 is 0. The predicted molar refractivity (Wildman–Crippen MR) is 145 cm³/mol. The molecule has 0 amide bonds. The third-order valence-electron chi connectivity index (χ3n) is 6.61. The van der Waals surface area contributed by atoms with Crippen molar-refractivity contribution in [3.8, 4) is 11.5 Å². The van der Waals surface area contributed by atoms with E-state index in [4.69, 9.17) is 14.6 Å². The van der Waals surface area contributed by atoms with E-state index in [-0.39, 0.29) is 5.75 Å². The highest BCUT2D eigenvalue weighted by Crippen LogP contribution is 2.38. The fourth-order valence-electron chi connectivity index (χ4n) is 4.64. The van der Waals surface area contributed by atoms with Gasteiger partial charge in [0.25, 0.3) is 0 Å². The molecular weight excluding hydrogens is 504 g/mol. The maximum absolute atomic E-state index is 12.8. The second kappa shape index (κ2) is 11.2. The Hall–Kier alpha value is -3.92. The number of nitrogens with zero attached hydrogens (tertiary/aromatic N) is 2. The quantitative estimate of drug-likeness (QED) is 0.364. The van der Waals surface area contributed by atoms with E-state index in [0.717, 1.165) is 27.8 Å². The van der Waals surface area contributed by atoms with E-state index in [1.807, 2.05) is 54.6 Å². The maximum atomic E-state index is 12.8. The first kappa shape index (κ1) is 25.7. The van der Waals surface area contributed by atoms with E-state index in [9.17, 15) is 13.2 Å². The molecule has 0 bridgehead atoms. The molecule has 0 saturated carbocycles. The van der Waals surface area contributed by atoms with Crippen LogP contribution >= 0.6 is 0 Å². The number of sulfonamides is 1. The summed E-state index contributed by atoms with van der Waals surface area (Å²) in [5.74, 6) is 0.860. The molecule has 1 saturated heterocycles. The van der Waals surface area contributed by atoms with Gasteiger partial charge in [-0.25, -0.2) is 13.2 Å². The van der Waals surface area contributed by atoms with Crippen molar-refractivity contribution >= 4 is 27.8 Å². The fraction of sp³-hybridized carbons (Fsp3) is 0.207. The fourth-order valence-corrected chi connectivity index (χ4v) is 5.81. The monoisotopic (exact) mass is 532 g/mol. The van der Waals surface area contributed by atoms with Crippen molar-refractivity contribution in [1.29, 1.82) is 0 Å². The van der Waals surface area contributed by atoms with Gasteiger partial charge >= 0.3 is 6.16 Å². The van der Waals surface area contributed by atoms with Crippen molar-refractivity contribution in [2.75, 3.05) is 32.7 Å². The summed E-state index contributed by atoms with van der Waals surface area (Å²) in [6.45, 7) is 2.98. The highest BCUT2D eigenvalue weighted by atomic mass is 32.2. The van der Waals surface area contributed by atoms with Crippen LogP contribution < -0.4 is 9.47 Å². The molecule has 3 aromatic rings. The van der Waals surface area contributed by atoms with Crippen LogP contribution in [0.4, 0.5) is 4.79 Å². The Balaban J connectivity index is 1.33. The molecule has 0 spiro atoms. The van der Waals surface area contributed by atoms with Gasteiger partial charge in [-0.15, -0.1) is 0 Å². The molecular formula is C29H28N2O6S. The number of hydrogen-bond donors (Lipinski definition) is 1. The van der Waals surface area contributed by atoms with Gasteiger partial charge in [0.2, 0.25) is 10.0 Å². The lowest BCUT2D eigenvalue weighted by atomic mass is 9.94. The Kier molecular flexibility index (Phi) is 7.59. The molecule has 2 aliphatic heterocycles. The summed E-state index contributed by atoms with van der Waals surface area (Å²) in [5.41, 5.74) is 4.54. The molecule has 0 atom stereocenters. The molecule has 3 aromatic carbocycles. The number of benzene rings is 3. The van der Waals surface area contributed by atoms with Crippen LogP contribution in [0.2, 0.25) is 0 Å². The lowest BCUT2D eigenvalue weighted by Crippen LogP contribution is -2.48. The first-order valence-corrected chi connectivity index (χ1v) is 13.8. The number of fused-ring (bicyclic) bond motifs is 2. The van der Waals surface area contributed by atoms with Crippen molar-refractivity contribution in [1.82, 2.24) is 9.21 Å². The molecule has 38 heavy (non-hydrogen) atoms. The maximum Gasteiger partial charge on any atom is 0.511 e. The van der Waals surface area contributed by atoms with E-state index < -0.39 is 16.2 Å². The number of ether oxygens (including phenoxy) is 2. The molecule has 5 rings (SSSR count). The van der Waals surface area contributed by atoms with E-state index in [1.54, 1.807) is 24.3 Å².